The number of benzene rings is 1. The van der Waals surface area contributed by atoms with Gasteiger partial charge in [-0.25, -0.2) is 0 Å². The molecule has 5 heteroatoms. The minimum Gasteiger partial charge on any atom is -0.491 e. The third kappa shape index (κ3) is 4.18. The van der Waals surface area contributed by atoms with Crippen LogP contribution in [0.15, 0.2) is 12.1 Å². The Bertz CT molecular complexity index is 497. The second-order valence-corrected chi connectivity index (χ2v) is 5.72. The molecule has 1 aromatic carbocycles. The van der Waals surface area contributed by atoms with Gasteiger partial charge in [0, 0.05) is 6.42 Å². The summed E-state index contributed by atoms with van der Waals surface area (Å²) >= 11 is 0. The molecule has 0 bridgehead atoms. The zero-order valence-electron chi connectivity index (χ0n) is 12.8. The molecule has 1 fully saturated rings. The summed E-state index contributed by atoms with van der Waals surface area (Å²) in [6.07, 6.45) is 5.49. The van der Waals surface area contributed by atoms with Crippen LogP contribution < -0.4 is 9.47 Å². The maximum absolute atomic E-state index is 13.9. The van der Waals surface area contributed by atoms with Gasteiger partial charge in [-0.1, -0.05) is 0 Å². The zero-order valence-corrected chi connectivity index (χ0v) is 12.8. The normalized spacial score (nSPS) is 21.4. The first kappa shape index (κ1) is 16.7. The number of carbonyl (C=O) groups is 1. The highest BCUT2D eigenvalue weighted by atomic mass is 19.2. The van der Waals surface area contributed by atoms with Crippen molar-refractivity contribution in [1.29, 1.82) is 0 Å². The maximum Gasteiger partial charge on any atom is 0.204 e. The summed E-state index contributed by atoms with van der Waals surface area (Å²) in [6, 6.07) is 2.79. The predicted molar refractivity (Wildman–Crippen MR) is 79.2 cm³/mol. The van der Waals surface area contributed by atoms with Gasteiger partial charge >= 0.3 is 0 Å². The number of ether oxygens (including phenoxy) is 2. The molecule has 0 heterocycles. The van der Waals surface area contributed by atoms with E-state index in [-0.39, 0.29) is 18.1 Å². The van der Waals surface area contributed by atoms with Crippen LogP contribution in [0.1, 0.15) is 39.0 Å². The van der Waals surface area contributed by atoms with E-state index < -0.39 is 11.6 Å². The second-order valence-electron chi connectivity index (χ2n) is 5.72. The van der Waals surface area contributed by atoms with Crippen LogP contribution in [0.2, 0.25) is 0 Å². The molecule has 1 aliphatic carbocycles. The molecular formula is C17H22F2O3. The average molecular weight is 312 g/mol. The van der Waals surface area contributed by atoms with Crippen molar-refractivity contribution in [2.24, 2.45) is 11.8 Å². The van der Waals surface area contributed by atoms with Gasteiger partial charge < -0.3 is 14.3 Å². The quantitative estimate of drug-likeness (QED) is 0.710. The zero-order chi connectivity index (χ0) is 15.9. The van der Waals surface area contributed by atoms with Crippen LogP contribution in [-0.2, 0) is 4.79 Å². The van der Waals surface area contributed by atoms with Gasteiger partial charge in [-0.15, -0.1) is 0 Å². The van der Waals surface area contributed by atoms with Gasteiger partial charge in [0.25, 0.3) is 0 Å². The summed E-state index contributed by atoms with van der Waals surface area (Å²) < 4.78 is 38.1. The fourth-order valence-corrected chi connectivity index (χ4v) is 2.87. The number of hydrogen-bond acceptors (Lipinski definition) is 3. The van der Waals surface area contributed by atoms with Crippen molar-refractivity contribution in [3.8, 4) is 11.5 Å². The number of aldehydes is 1. The molecule has 0 radical (unpaired) electrons. The fraction of sp³-hybridized carbons (Fsp3) is 0.588. The first-order valence-electron chi connectivity index (χ1n) is 7.82. The standard InChI is InChI=1S/C17H22F2O3/c1-2-21-14-7-8-15(17(19)16(14)18)22-11-13-5-3-12(4-6-13)9-10-20/h7-8,10,12-13H,2-6,9,11H2,1H3. The lowest BCUT2D eigenvalue weighted by Crippen LogP contribution is -2.20. The largest absolute Gasteiger partial charge is 0.491 e. The Kier molecular flexibility index (Phi) is 6.16. The van der Waals surface area contributed by atoms with Crippen LogP contribution in [0.3, 0.4) is 0 Å². The van der Waals surface area contributed by atoms with Crippen LogP contribution >= 0.6 is 0 Å². The van der Waals surface area contributed by atoms with E-state index in [2.05, 4.69) is 0 Å². The lowest BCUT2D eigenvalue weighted by Gasteiger charge is -2.27. The monoisotopic (exact) mass is 312 g/mol. The molecule has 0 aliphatic heterocycles. The van der Waals surface area contributed by atoms with E-state index in [9.17, 15) is 13.6 Å². The second kappa shape index (κ2) is 8.11. The van der Waals surface area contributed by atoms with Crippen molar-refractivity contribution in [3.63, 3.8) is 0 Å². The van der Waals surface area contributed by atoms with Crippen LogP contribution in [-0.4, -0.2) is 19.5 Å². The van der Waals surface area contributed by atoms with Crippen molar-refractivity contribution in [3.05, 3.63) is 23.8 Å². The highest BCUT2D eigenvalue weighted by Crippen LogP contribution is 2.32. The Morgan fingerprint density at radius 3 is 2.14 bits per heavy atom. The summed E-state index contributed by atoms with van der Waals surface area (Å²) in [5, 5.41) is 0. The smallest absolute Gasteiger partial charge is 0.204 e. The molecule has 2 rings (SSSR count). The van der Waals surface area contributed by atoms with Crippen LogP contribution in [0.25, 0.3) is 0 Å². The highest BCUT2D eigenvalue weighted by molar-refractivity contribution is 5.49. The summed E-state index contributed by atoms with van der Waals surface area (Å²) in [4.78, 5) is 10.5. The summed E-state index contributed by atoms with van der Waals surface area (Å²) in [7, 11) is 0. The fourth-order valence-electron chi connectivity index (χ4n) is 2.87. The number of hydrogen-bond donors (Lipinski definition) is 0. The molecule has 0 saturated heterocycles. The molecule has 0 unspecified atom stereocenters. The van der Waals surface area contributed by atoms with Gasteiger partial charge in [-0.2, -0.15) is 8.78 Å². The lowest BCUT2D eigenvalue weighted by molar-refractivity contribution is -0.108. The molecule has 0 amide bonds. The number of rotatable bonds is 7. The van der Waals surface area contributed by atoms with Crippen molar-refractivity contribution in [1.82, 2.24) is 0 Å². The molecule has 3 nitrogen and oxygen atoms in total. The van der Waals surface area contributed by atoms with Crippen molar-refractivity contribution >= 4 is 6.29 Å². The SMILES string of the molecule is CCOc1ccc(OCC2CCC(CC=O)CC2)c(F)c1F. The Morgan fingerprint density at radius 1 is 1.05 bits per heavy atom. The molecule has 0 aromatic heterocycles. The highest BCUT2D eigenvalue weighted by Gasteiger charge is 2.22. The van der Waals surface area contributed by atoms with Gasteiger partial charge in [0.2, 0.25) is 11.6 Å². The summed E-state index contributed by atoms with van der Waals surface area (Å²) in [5.74, 6) is -1.38. The Hall–Kier alpha value is -1.65. The van der Waals surface area contributed by atoms with Gasteiger partial charge in [0.1, 0.15) is 6.29 Å². The van der Waals surface area contributed by atoms with Crippen LogP contribution in [0.4, 0.5) is 8.78 Å². The van der Waals surface area contributed by atoms with E-state index in [4.69, 9.17) is 9.47 Å². The van der Waals surface area contributed by atoms with Crippen molar-refractivity contribution in [2.75, 3.05) is 13.2 Å². The van der Waals surface area contributed by atoms with Crippen LogP contribution in [0.5, 0.6) is 11.5 Å². The third-order valence-electron chi connectivity index (χ3n) is 4.18. The van der Waals surface area contributed by atoms with E-state index >= 15 is 0 Å². The number of halogens is 2. The van der Waals surface area contributed by atoms with Crippen LogP contribution in [0, 0.1) is 23.5 Å². The average Bonchev–Trinajstić information content (AvgIpc) is 2.53. The van der Waals surface area contributed by atoms with E-state index in [1.165, 1.54) is 12.1 Å². The first-order valence-corrected chi connectivity index (χ1v) is 7.82. The van der Waals surface area contributed by atoms with E-state index in [1.807, 2.05) is 0 Å². The number of carbonyl (C=O) groups excluding carboxylic acids is 1. The molecule has 122 valence electrons. The summed E-state index contributed by atoms with van der Waals surface area (Å²) in [5.41, 5.74) is 0. The molecule has 0 atom stereocenters. The van der Waals surface area contributed by atoms with Crippen molar-refractivity contribution < 1.29 is 23.0 Å². The topological polar surface area (TPSA) is 35.5 Å². The Balaban J connectivity index is 1.87. The van der Waals surface area contributed by atoms with Gasteiger partial charge in [-0.3, -0.25) is 0 Å². The Morgan fingerprint density at radius 2 is 1.59 bits per heavy atom. The van der Waals surface area contributed by atoms with Crippen molar-refractivity contribution in [2.45, 2.75) is 39.0 Å². The van der Waals surface area contributed by atoms with Gasteiger partial charge in [-0.05, 0) is 56.6 Å². The molecule has 1 aromatic rings. The minimum atomic E-state index is -1.01. The first-order chi connectivity index (χ1) is 10.7. The molecule has 0 N–H and O–H groups in total. The minimum absolute atomic E-state index is 0.0732. The van der Waals surface area contributed by atoms with E-state index in [1.54, 1.807) is 6.92 Å². The summed E-state index contributed by atoms with van der Waals surface area (Å²) in [6.45, 7) is 2.36. The maximum atomic E-state index is 13.9. The third-order valence-corrected chi connectivity index (χ3v) is 4.18. The molecule has 1 saturated carbocycles. The van der Waals surface area contributed by atoms with Gasteiger partial charge in [0.05, 0.1) is 13.2 Å². The predicted octanol–water partition coefficient (Wildman–Crippen LogP) is 4.14. The molecule has 22 heavy (non-hydrogen) atoms. The Labute approximate surface area is 129 Å². The van der Waals surface area contributed by atoms with Gasteiger partial charge in [0.15, 0.2) is 11.5 Å². The lowest BCUT2D eigenvalue weighted by atomic mass is 9.81. The van der Waals surface area contributed by atoms with E-state index in [0.29, 0.717) is 24.9 Å². The molecule has 0 spiro atoms. The molecular weight excluding hydrogens is 290 g/mol. The molecule has 1 aliphatic rings. The van der Waals surface area contributed by atoms with E-state index in [0.717, 1.165) is 32.0 Å².